The highest BCUT2D eigenvalue weighted by atomic mass is 79.9. The number of halogens is 2. The van der Waals surface area contributed by atoms with Crippen LogP contribution in [0, 0.1) is 11.8 Å². The van der Waals surface area contributed by atoms with Gasteiger partial charge < -0.3 is 5.32 Å². The van der Waals surface area contributed by atoms with Crippen molar-refractivity contribution in [3.8, 4) is 0 Å². The molecule has 1 saturated carbocycles. The number of benzene rings is 1. The third-order valence-corrected chi connectivity index (χ3v) is 5.85. The summed E-state index contributed by atoms with van der Waals surface area (Å²) >= 11 is 7.37. The average Bonchev–Trinajstić information content (AvgIpc) is 2.47. The molecule has 0 radical (unpaired) electrons. The highest BCUT2D eigenvalue weighted by Gasteiger charge is 2.32. The van der Waals surface area contributed by atoms with Crippen LogP contribution < -0.4 is 5.32 Å². The maximum atomic E-state index is 3.75. The predicted molar refractivity (Wildman–Crippen MR) is 94.0 cm³/mol. The highest BCUT2D eigenvalue weighted by Crippen LogP contribution is 2.42. The quantitative estimate of drug-likeness (QED) is 0.629. The molecule has 3 unspecified atom stereocenters. The van der Waals surface area contributed by atoms with E-state index < -0.39 is 0 Å². The molecular formula is C17H25Br2N. The van der Waals surface area contributed by atoms with Crippen LogP contribution in [-0.4, -0.2) is 6.54 Å². The molecule has 20 heavy (non-hydrogen) atoms. The molecule has 1 aromatic rings. The summed E-state index contributed by atoms with van der Waals surface area (Å²) in [5, 5.41) is 3.75. The van der Waals surface area contributed by atoms with Gasteiger partial charge in [0.1, 0.15) is 0 Å². The predicted octanol–water partition coefficient (Wildman–Crippen LogP) is 6.08. The third kappa shape index (κ3) is 3.86. The first kappa shape index (κ1) is 16.5. The van der Waals surface area contributed by atoms with Crippen LogP contribution >= 0.6 is 31.9 Å². The zero-order chi connectivity index (χ0) is 14.5. The molecule has 2 rings (SSSR count). The molecule has 3 heteroatoms. The summed E-state index contributed by atoms with van der Waals surface area (Å²) in [5.74, 6) is 1.62. The molecule has 0 saturated heterocycles. The Bertz CT molecular complexity index is 433. The van der Waals surface area contributed by atoms with E-state index in [9.17, 15) is 0 Å². The lowest BCUT2D eigenvalue weighted by molar-refractivity contribution is 0.176. The molecular weight excluding hydrogens is 378 g/mol. The van der Waals surface area contributed by atoms with E-state index in [1.54, 1.807) is 0 Å². The average molecular weight is 403 g/mol. The van der Waals surface area contributed by atoms with Crippen LogP contribution in [0.1, 0.15) is 57.6 Å². The first-order valence-corrected chi connectivity index (χ1v) is 9.44. The summed E-state index contributed by atoms with van der Waals surface area (Å²) in [6, 6.07) is 7.01. The molecule has 1 aromatic carbocycles. The van der Waals surface area contributed by atoms with Crippen molar-refractivity contribution in [2.75, 3.05) is 6.54 Å². The van der Waals surface area contributed by atoms with E-state index in [1.165, 1.54) is 46.6 Å². The van der Waals surface area contributed by atoms with E-state index in [0.717, 1.165) is 18.4 Å². The van der Waals surface area contributed by atoms with E-state index in [-0.39, 0.29) is 0 Å². The lowest BCUT2D eigenvalue weighted by atomic mass is 9.72. The van der Waals surface area contributed by atoms with Crippen LogP contribution in [0.4, 0.5) is 0 Å². The topological polar surface area (TPSA) is 12.0 Å². The van der Waals surface area contributed by atoms with Crippen molar-refractivity contribution in [3.05, 3.63) is 32.7 Å². The van der Waals surface area contributed by atoms with Gasteiger partial charge in [-0.05, 0) is 48.6 Å². The Kier molecular flexibility index (Phi) is 6.57. The monoisotopic (exact) mass is 401 g/mol. The smallest absolute Gasteiger partial charge is 0.0362 e. The van der Waals surface area contributed by atoms with Gasteiger partial charge in [-0.25, -0.2) is 0 Å². The van der Waals surface area contributed by atoms with E-state index in [0.29, 0.717) is 6.04 Å². The van der Waals surface area contributed by atoms with Gasteiger partial charge in [-0.2, -0.15) is 0 Å². The van der Waals surface area contributed by atoms with Crippen LogP contribution in [0.25, 0.3) is 0 Å². The summed E-state index contributed by atoms with van der Waals surface area (Å²) in [7, 11) is 0. The van der Waals surface area contributed by atoms with E-state index in [1.807, 2.05) is 0 Å². The fraction of sp³-hybridized carbons (Fsp3) is 0.647. The number of hydrogen-bond donors (Lipinski definition) is 1. The molecule has 0 amide bonds. The van der Waals surface area contributed by atoms with Crippen molar-refractivity contribution in [1.29, 1.82) is 0 Å². The first-order chi connectivity index (χ1) is 9.67. The minimum Gasteiger partial charge on any atom is -0.310 e. The molecule has 0 aromatic heterocycles. The van der Waals surface area contributed by atoms with Crippen molar-refractivity contribution >= 4 is 31.9 Å². The molecule has 112 valence electrons. The Morgan fingerprint density at radius 1 is 1.20 bits per heavy atom. The fourth-order valence-electron chi connectivity index (χ4n) is 3.65. The molecule has 1 N–H and O–H groups in total. The molecule has 0 heterocycles. The molecule has 0 bridgehead atoms. The van der Waals surface area contributed by atoms with Crippen molar-refractivity contribution in [3.63, 3.8) is 0 Å². The van der Waals surface area contributed by atoms with Gasteiger partial charge in [0.15, 0.2) is 0 Å². The second kappa shape index (κ2) is 7.95. The lowest BCUT2D eigenvalue weighted by Crippen LogP contribution is -2.34. The van der Waals surface area contributed by atoms with Crippen molar-refractivity contribution in [1.82, 2.24) is 5.32 Å². The standard InChI is InChI=1S/C17H25Br2N/c1-3-12-7-5-6-8-14(12)17(20-4-2)15-11-13(18)9-10-16(15)19/h9-12,14,17,20H,3-8H2,1-2H3. The van der Waals surface area contributed by atoms with Crippen LogP contribution in [0.3, 0.4) is 0 Å². The maximum Gasteiger partial charge on any atom is 0.0362 e. The number of hydrogen-bond acceptors (Lipinski definition) is 1. The molecule has 0 spiro atoms. The fourth-order valence-corrected chi connectivity index (χ4v) is 4.52. The Labute approximate surface area is 140 Å². The number of rotatable bonds is 5. The molecule has 1 nitrogen and oxygen atoms in total. The summed E-state index contributed by atoms with van der Waals surface area (Å²) in [6.07, 6.45) is 6.85. The molecule has 1 aliphatic rings. The van der Waals surface area contributed by atoms with E-state index >= 15 is 0 Å². The van der Waals surface area contributed by atoms with Gasteiger partial charge in [-0.3, -0.25) is 0 Å². The summed E-state index contributed by atoms with van der Waals surface area (Å²) in [4.78, 5) is 0. The second-order valence-electron chi connectivity index (χ2n) is 5.82. The summed E-state index contributed by atoms with van der Waals surface area (Å²) < 4.78 is 2.40. The molecule has 1 fully saturated rings. The van der Waals surface area contributed by atoms with Crippen LogP contribution in [0.5, 0.6) is 0 Å². The van der Waals surface area contributed by atoms with Gasteiger partial charge in [0.25, 0.3) is 0 Å². The largest absolute Gasteiger partial charge is 0.310 e. The summed E-state index contributed by atoms with van der Waals surface area (Å²) in [6.45, 7) is 5.58. The molecule has 1 aliphatic carbocycles. The van der Waals surface area contributed by atoms with Crippen molar-refractivity contribution in [2.24, 2.45) is 11.8 Å². The van der Waals surface area contributed by atoms with Crippen molar-refractivity contribution in [2.45, 2.75) is 52.0 Å². The third-order valence-electron chi connectivity index (χ3n) is 4.64. The van der Waals surface area contributed by atoms with Gasteiger partial charge in [0, 0.05) is 15.0 Å². The minimum absolute atomic E-state index is 0.470. The minimum atomic E-state index is 0.470. The zero-order valence-electron chi connectivity index (χ0n) is 12.5. The summed E-state index contributed by atoms with van der Waals surface area (Å²) in [5.41, 5.74) is 1.41. The second-order valence-corrected chi connectivity index (χ2v) is 7.59. The Morgan fingerprint density at radius 3 is 2.65 bits per heavy atom. The zero-order valence-corrected chi connectivity index (χ0v) is 15.6. The van der Waals surface area contributed by atoms with Crippen LogP contribution in [-0.2, 0) is 0 Å². The number of nitrogens with one attached hydrogen (secondary N) is 1. The first-order valence-electron chi connectivity index (χ1n) is 7.85. The van der Waals surface area contributed by atoms with Gasteiger partial charge >= 0.3 is 0 Å². The SMILES string of the molecule is CCNC(c1cc(Br)ccc1Br)C1CCCCC1CC. The van der Waals surface area contributed by atoms with Gasteiger partial charge in [-0.15, -0.1) is 0 Å². The van der Waals surface area contributed by atoms with Gasteiger partial charge in [0.05, 0.1) is 0 Å². The van der Waals surface area contributed by atoms with Crippen LogP contribution in [0.2, 0.25) is 0 Å². The van der Waals surface area contributed by atoms with E-state index in [2.05, 4.69) is 69.2 Å². The molecule has 0 aliphatic heterocycles. The maximum absolute atomic E-state index is 3.75. The van der Waals surface area contributed by atoms with Gasteiger partial charge in [0.2, 0.25) is 0 Å². The van der Waals surface area contributed by atoms with Crippen molar-refractivity contribution < 1.29 is 0 Å². The van der Waals surface area contributed by atoms with Gasteiger partial charge in [-0.1, -0.05) is 71.4 Å². The Balaban J connectivity index is 2.31. The van der Waals surface area contributed by atoms with E-state index in [4.69, 9.17) is 0 Å². The normalized spacial score (nSPS) is 24.6. The Hall–Kier alpha value is 0.140. The Morgan fingerprint density at radius 2 is 1.95 bits per heavy atom. The highest BCUT2D eigenvalue weighted by molar-refractivity contribution is 9.11. The molecule has 3 atom stereocenters. The lowest BCUT2D eigenvalue weighted by Gasteiger charge is -2.38. The van der Waals surface area contributed by atoms with Crippen LogP contribution in [0.15, 0.2) is 27.1 Å².